The highest BCUT2D eigenvalue weighted by atomic mass is 16.5. The van der Waals surface area contributed by atoms with Crippen molar-refractivity contribution in [3.63, 3.8) is 0 Å². The van der Waals surface area contributed by atoms with Gasteiger partial charge in [0.15, 0.2) is 0 Å². The molecule has 0 radical (unpaired) electrons. The van der Waals surface area contributed by atoms with E-state index in [0.29, 0.717) is 34.5 Å². The van der Waals surface area contributed by atoms with Crippen LogP contribution in [0.1, 0.15) is 29.6 Å². The van der Waals surface area contributed by atoms with Crippen molar-refractivity contribution in [2.75, 3.05) is 17.3 Å². The largest absolute Gasteiger partial charge is 0.497 e. The number of imide groups is 1. The van der Waals surface area contributed by atoms with Gasteiger partial charge in [0.1, 0.15) is 5.75 Å². The van der Waals surface area contributed by atoms with E-state index in [1.807, 2.05) is 0 Å². The van der Waals surface area contributed by atoms with Crippen LogP contribution in [0.25, 0.3) is 0 Å². The molecule has 4 atom stereocenters. The highest BCUT2D eigenvalue weighted by molar-refractivity contribution is 6.22. The molecule has 4 unspecified atom stereocenters. The van der Waals surface area contributed by atoms with Crippen molar-refractivity contribution >= 4 is 29.1 Å². The summed E-state index contributed by atoms with van der Waals surface area (Å²) in [5.41, 5.74) is 1.67. The molecule has 6 heteroatoms. The van der Waals surface area contributed by atoms with E-state index in [4.69, 9.17) is 4.74 Å². The van der Waals surface area contributed by atoms with Crippen LogP contribution in [0.3, 0.4) is 0 Å². The van der Waals surface area contributed by atoms with E-state index in [1.54, 1.807) is 55.6 Å². The number of hydrogen-bond acceptors (Lipinski definition) is 4. The van der Waals surface area contributed by atoms with E-state index in [1.165, 1.54) is 4.90 Å². The lowest BCUT2D eigenvalue weighted by molar-refractivity contribution is -0.123. The molecule has 3 fully saturated rings. The van der Waals surface area contributed by atoms with Gasteiger partial charge in [0.25, 0.3) is 5.91 Å². The fourth-order valence-corrected chi connectivity index (χ4v) is 5.30. The first kappa shape index (κ1) is 17.9. The molecule has 2 aromatic rings. The fraction of sp³-hybridized carbons (Fsp3) is 0.348. The maximum absolute atomic E-state index is 12.9. The molecule has 0 aromatic heterocycles. The summed E-state index contributed by atoms with van der Waals surface area (Å²) in [6.45, 7) is 0. The normalized spacial score (nSPS) is 27.3. The summed E-state index contributed by atoms with van der Waals surface area (Å²) in [5.74, 6) is 0.770. The van der Waals surface area contributed by atoms with Gasteiger partial charge in [-0.3, -0.25) is 19.3 Å². The van der Waals surface area contributed by atoms with Crippen molar-refractivity contribution < 1.29 is 19.1 Å². The van der Waals surface area contributed by atoms with E-state index >= 15 is 0 Å². The average Bonchev–Trinajstić information content (AvgIpc) is 3.42. The number of nitrogens with one attached hydrogen (secondary N) is 1. The molecule has 5 rings (SSSR count). The fourth-order valence-electron chi connectivity index (χ4n) is 5.30. The van der Waals surface area contributed by atoms with Crippen molar-refractivity contribution in [1.29, 1.82) is 0 Å². The molecule has 1 saturated heterocycles. The Morgan fingerprint density at radius 1 is 0.931 bits per heavy atom. The molecule has 1 heterocycles. The predicted molar refractivity (Wildman–Crippen MR) is 108 cm³/mol. The molecule has 1 N–H and O–H groups in total. The number of hydrogen-bond donors (Lipinski definition) is 1. The van der Waals surface area contributed by atoms with E-state index in [9.17, 15) is 14.4 Å². The number of fused-ring (bicyclic) bond motifs is 5. The molecule has 3 amide bonds. The van der Waals surface area contributed by atoms with Crippen molar-refractivity contribution in [3.05, 3.63) is 54.1 Å². The molecular weight excluding hydrogens is 368 g/mol. The zero-order chi connectivity index (χ0) is 20.1. The second-order valence-corrected chi connectivity index (χ2v) is 8.13. The molecular formula is C23H22N2O4. The van der Waals surface area contributed by atoms with Crippen LogP contribution >= 0.6 is 0 Å². The molecule has 3 aliphatic rings. The molecule has 2 aromatic carbocycles. The SMILES string of the molecule is COc1ccc(NC(=O)c2ccc(N3C(=O)C4C5CCC(C5)C4C3=O)cc2)cc1. The number of benzene rings is 2. The molecule has 1 aliphatic heterocycles. The first-order chi connectivity index (χ1) is 14.1. The van der Waals surface area contributed by atoms with Crippen molar-refractivity contribution in [1.82, 2.24) is 0 Å². The van der Waals surface area contributed by atoms with Crippen LogP contribution < -0.4 is 15.0 Å². The number of methoxy groups -OCH3 is 1. The summed E-state index contributed by atoms with van der Waals surface area (Å²) < 4.78 is 5.11. The molecule has 2 aliphatic carbocycles. The number of carbonyl (C=O) groups excluding carboxylic acids is 3. The summed E-state index contributed by atoms with van der Waals surface area (Å²) in [6, 6.07) is 13.7. The van der Waals surface area contributed by atoms with Gasteiger partial charge in [0.2, 0.25) is 11.8 Å². The van der Waals surface area contributed by atoms with E-state index in [2.05, 4.69) is 5.32 Å². The number of anilines is 2. The van der Waals surface area contributed by atoms with Crippen LogP contribution in [-0.2, 0) is 9.59 Å². The second kappa shape index (κ2) is 6.72. The summed E-state index contributed by atoms with van der Waals surface area (Å²) >= 11 is 0. The monoisotopic (exact) mass is 390 g/mol. The highest BCUT2D eigenvalue weighted by Crippen LogP contribution is 2.56. The van der Waals surface area contributed by atoms with E-state index < -0.39 is 0 Å². The van der Waals surface area contributed by atoms with Gasteiger partial charge < -0.3 is 10.1 Å². The first-order valence-corrected chi connectivity index (χ1v) is 10.00. The molecule has 2 saturated carbocycles. The third-order valence-corrected chi connectivity index (χ3v) is 6.66. The van der Waals surface area contributed by atoms with Crippen LogP contribution in [0.5, 0.6) is 5.75 Å². The maximum Gasteiger partial charge on any atom is 0.255 e. The molecule has 148 valence electrons. The summed E-state index contributed by atoms with van der Waals surface area (Å²) in [7, 11) is 1.59. The van der Waals surface area contributed by atoms with Crippen molar-refractivity contribution in [2.45, 2.75) is 19.3 Å². The Balaban J connectivity index is 1.32. The zero-order valence-electron chi connectivity index (χ0n) is 16.1. The molecule has 29 heavy (non-hydrogen) atoms. The number of nitrogens with zero attached hydrogens (tertiary/aromatic N) is 1. The Labute approximate surface area is 168 Å². The lowest BCUT2D eigenvalue weighted by Crippen LogP contribution is -2.32. The lowest BCUT2D eigenvalue weighted by Gasteiger charge is -2.19. The Morgan fingerprint density at radius 2 is 1.52 bits per heavy atom. The number of ether oxygens (including phenoxy) is 1. The third-order valence-electron chi connectivity index (χ3n) is 6.66. The van der Waals surface area contributed by atoms with Crippen LogP contribution in [0.2, 0.25) is 0 Å². The summed E-state index contributed by atoms with van der Waals surface area (Å²) in [6.07, 6.45) is 3.14. The van der Waals surface area contributed by atoms with Gasteiger partial charge in [-0.2, -0.15) is 0 Å². The van der Waals surface area contributed by atoms with Gasteiger partial charge in [-0.1, -0.05) is 0 Å². The Kier molecular flexibility index (Phi) is 4.15. The Morgan fingerprint density at radius 3 is 2.07 bits per heavy atom. The van der Waals surface area contributed by atoms with E-state index in [-0.39, 0.29) is 29.6 Å². The Bertz CT molecular complexity index is 955. The quantitative estimate of drug-likeness (QED) is 0.811. The van der Waals surface area contributed by atoms with Crippen LogP contribution in [0.4, 0.5) is 11.4 Å². The van der Waals surface area contributed by atoms with Crippen molar-refractivity contribution in [2.24, 2.45) is 23.7 Å². The van der Waals surface area contributed by atoms with Gasteiger partial charge in [-0.05, 0) is 79.6 Å². The minimum absolute atomic E-state index is 0.0670. The lowest BCUT2D eigenvalue weighted by atomic mass is 9.81. The molecule has 2 bridgehead atoms. The van der Waals surface area contributed by atoms with Crippen LogP contribution in [0, 0.1) is 23.7 Å². The number of amides is 3. The summed E-state index contributed by atoms with van der Waals surface area (Å²) in [4.78, 5) is 39.7. The van der Waals surface area contributed by atoms with Gasteiger partial charge in [0, 0.05) is 11.3 Å². The van der Waals surface area contributed by atoms with Crippen LogP contribution in [-0.4, -0.2) is 24.8 Å². The average molecular weight is 390 g/mol. The standard InChI is InChI=1S/C23H22N2O4/c1-29-18-10-6-16(7-11-18)24-21(26)13-4-8-17(9-5-13)25-22(27)19-14-2-3-15(12-14)20(19)23(25)28/h4-11,14-15,19-20H,2-3,12H2,1H3,(H,24,26). The van der Waals surface area contributed by atoms with Gasteiger partial charge >= 0.3 is 0 Å². The van der Waals surface area contributed by atoms with Crippen molar-refractivity contribution in [3.8, 4) is 5.75 Å². The second-order valence-electron chi connectivity index (χ2n) is 8.13. The maximum atomic E-state index is 12.9. The molecule has 0 spiro atoms. The highest BCUT2D eigenvalue weighted by Gasteiger charge is 2.61. The summed E-state index contributed by atoms with van der Waals surface area (Å²) in [5, 5.41) is 2.83. The van der Waals surface area contributed by atoms with Gasteiger partial charge in [-0.15, -0.1) is 0 Å². The smallest absolute Gasteiger partial charge is 0.255 e. The first-order valence-electron chi connectivity index (χ1n) is 10.00. The zero-order valence-corrected chi connectivity index (χ0v) is 16.1. The van der Waals surface area contributed by atoms with Gasteiger partial charge in [0.05, 0.1) is 24.6 Å². The van der Waals surface area contributed by atoms with Gasteiger partial charge in [-0.25, -0.2) is 0 Å². The molecule has 6 nitrogen and oxygen atoms in total. The number of rotatable bonds is 4. The number of carbonyl (C=O) groups is 3. The third kappa shape index (κ3) is 2.82. The Hall–Kier alpha value is -3.15. The minimum Gasteiger partial charge on any atom is -0.497 e. The van der Waals surface area contributed by atoms with Crippen LogP contribution in [0.15, 0.2) is 48.5 Å². The topological polar surface area (TPSA) is 75.7 Å². The minimum atomic E-state index is -0.254. The predicted octanol–water partition coefficient (Wildman–Crippen LogP) is 3.48. The van der Waals surface area contributed by atoms with E-state index in [0.717, 1.165) is 19.3 Å².